The lowest BCUT2D eigenvalue weighted by molar-refractivity contribution is -0.128. The van der Waals surface area contributed by atoms with Gasteiger partial charge in [0.05, 0.1) is 12.1 Å². The van der Waals surface area contributed by atoms with E-state index in [1.54, 1.807) is 24.3 Å². The van der Waals surface area contributed by atoms with E-state index in [2.05, 4.69) is 5.32 Å². The Kier molecular flexibility index (Phi) is 3.32. The minimum atomic E-state index is -1.66. The molecule has 1 saturated carbocycles. The van der Waals surface area contributed by atoms with Gasteiger partial charge in [0.1, 0.15) is 12.4 Å². The molecule has 6 nitrogen and oxygen atoms in total. The minimum Gasteiger partial charge on any atom is -0.489 e. The van der Waals surface area contributed by atoms with Crippen molar-refractivity contribution in [2.45, 2.75) is 12.5 Å². The second-order valence-corrected chi connectivity index (χ2v) is 6.40. The highest BCUT2D eigenvalue weighted by Gasteiger charge is 2.90. The third-order valence-corrected chi connectivity index (χ3v) is 5.14. The Bertz CT molecular complexity index is 967. The maximum Gasteiger partial charge on any atom is 0.250 e. The first kappa shape index (κ1) is 15.9. The van der Waals surface area contributed by atoms with Crippen LogP contribution in [-0.4, -0.2) is 11.8 Å². The molecule has 1 saturated heterocycles. The summed E-state index contributed by atoms with van der Waals surface area (Å²) < 4.78 is 5.77. The van der Waals surface area contributed by atoms with Gasteiger partial charge in [-0.2, -0.15) is 10.5 Å². The molecule has 4 rings (SSSR count). The molecular formula is C20H13N3O3. The van der Waals surface area contributed by atoms with E-state index >= 15 is 0 Å². The molecule has 2 aliphatic rings. The van der Waals surface area contributed by atoms with Crippen molar-refractivity contribution in [1.29, 1.82) is 10.5 Å². The summed E-state index contributed by atoms with van der Waals surface area (Å²) in [5.74, 6) is -1.64. The van der Waals surface area contributed by atoms with Crippen LogP contribution in [0.3, 0.4) is 0 Å². The Morgan fingerprint density at radius 2 is 1.62 bits per heavy atom. The Morgan fingerprint density at radius 3 is 2.23 bits per heavy atom. The smallest absolute Gasteiger partial charge is 0.250 e. The third-order valence-electron chi connectivity index (χ3n) is 5.14. The van der Waals surface area contributed by atoms with Crippen LogP contribution in [0.1, 0.15) is 17.0 Å². The predicted molar refractivity (Wildman–Crippen MR) is 89.2 cm³/mol. The largest absolute Gasteiger partial charge is 0.489 e. The molecule has 2 fully saturated rings. The number of rotatable bonds is 4. The zero-order valence-corrected chi connectivity index (χ0v) is 13.6. The zero-order valence-electron chi connectivity index (χ0n) is 13.6. The standard InChI is InChI=1S/C20H13N3O3/c21-11-19-16(20(19,12-22)18(25)23-17(19)24)14-7-4-8-15(9-14)26-10-13-5-2-1-3-6-13/h1-9,16H,10H2,(H,23,24,25)/t16?,19-,20+. The molecule has 3 atom stereocenters. The lowest BCUT2D eigenvalue weighted by Crippen LogP contribution is -2.31. The number of piperidine rings is 1. The highest BCUT2D eigenvalue weighted by molar-refractivity contribution is 6.19. The number of nitriles is 2. The molecule has 2 aromatic rings. The van der Waals surface area contributed by atoms with Gasteiger partial charge in [-0.15, -0.1) is 0 Å². The van der Waals surface area contributed by atoms with Gasteiger partial charge in [-0.1, -0.05) is 42.5 Å². The molecule has 0 aromatic heterocycles. The summed E-state index contributed by atoms with van der Waals surface area (Å²) in [6.45, 7) is 0.362. The third kappa shape index (κ3) is 1.84. The fourth-order valence-corrected chi connectivity index (χ4v) is 3.83. The van der Waals surface area contributed by atoms with Gasteiger partial charge < -0.3 is 4.74 Å². The zero-order chi connectivity index (χ0) is 18.4. The number of amides is 2. The average Bonchev–Trinajstić information content (AvgIpc) is 3.25. The number of hydrogen-bond acceptors (Lipinski definition) is 5. The van der Waals surface area contributed by atoms with Crippen LogP contribution < -0.4 is 10.1 Å². The normalized spacial score (nSPS) is 28.5. The lowest BCUT2D eigenvalue weighted by Gasteiger charge is -2.11. The van der Waals surface area contributed by atoms with Gasteiger partial charge in [0.2, 0.25) is 11.8 Å². The topological polar surface area (TPSA) is 103 Å². The summed E-state index contributed by atoms with van der Waals surface area (Å²) in [4.78, 5) is 24.4. The molecule has 2 amide bonds. The maximum atomic E-state index is 12.2. The Morgan fingerprint density at radius 1 is 0.962 bits per heavy atom. The molecular weight excluding hydrogens is 330 g/mol. The van der Waals surface area contributed by atoms with Crippen LogP contribution >= 0.6 is 0 Å². The number of hydrogen-bond donors (Lipinski definition) is 1. The van der Waals surface area contributed by atoms with Crippen molar-refractivity contribution in [1.82, 2.24) is 5.32 Å². The second-order valence-electron chi connectivity index (χ2n) is 6.40. The number of benzene rings is 2. The first-order chi connectivity index (χ1) is 12.6. The molecule has 1 heterocycles. The van der Waals surface area contributed by atoms with Crippen molar-refractivity contribution in [3.8, 4) is 17.9 Å². The monoisotopic (exact) mass is 343 g/mol. The van der Waals surface area contributed by atoms with E-state index in [1.165, 1.54) is 0 Å². The molecule has 1 aliphatic carbocycles. The quantitative estimate of drug-likeness (QED) is 0.856. The molecule has 0 radical (unpaired) electrons. The average molecular weight is 343 g/mol. The predicted octanol–water partition coefficient (Wildman–Crippen LogP) is 2.04. The maximum absolute atomic E-state index is 12.2. The van der Waals surface area contributed by atoms with Gasteiger partial charge in [0.15, 0.2) is 10.8 Å². The van der Waals surface area contributed by atoms with Crippen molar-refractivity contribution < 1.29 is 14.3 Å². The summed E-state index contributed by atoms with van der Waals surface area (Å²) in [5.41, 5.74) is -1.74. The van der Waals surface area contributed by atoms with E-state index in [-0.39, 0.29) is 0 Å². The van der Waals surface area contributed by atoms with E-state index in [0.717, 1.165) is 5.56 Å². The van der Waals surface area contributed by atoms with Gasteiger partial charge in [-0.05, 0) is 23.3 Å². The fourth-order valence-electron chi connectivity index (χ4n) is 3.83. The summed E-state index contributed by atoms with van der Waals surface area (Å²) in [5, 5.41) is 21.2. The summed E-state index contributed by atoms with van der Waals surface area (Å²) in [7, 11) is 0. The number of carbonyl (C=O) groups excluding carboxylic acids is 2. The number of carbonyl (C=O) groups is 2. The highest BCUT2D eigenvalue weighted by Crippen LogP contribution is 2.76. The number of fused-ring (bicyclic) bond motifs is 1. The van der Waals surface area contributed by atoms with Crippen LogP contribution in [0, 0.1) is 33.5 Å². The van der Waals surface area contributed by atoms with Gasteiger partial charge in [0, 0.05) is 5.92 Å². The van der Waals surface area contributed by atoms with Crippen LogP contribution in [0.15, 0.2) is 54.6 Å². The van der Waals surface area contributed by atoms with E-state index in [9.17, 15) is 20.1 Å². The fraction of sp³-hybridized carbons (Fsp3) is 0.200. The van der Waals surface area contributed by atoms with Crippen molar-refractivity contribution in [3.63, 3.8) is 0 Å². The molecule has 1 N–H and O–H groups in total. The van der Waals surface area contributed by atoms with Crippen molar-refractivity contribution in [3.05, 3.63) is 65.7 Å². The van der Waals surface area contributed by atoms with Crippen molar-refractivity contribution in [2.75, 3.05) is 0 Å². The minimum absolute atomic E-state index is 0.362. The van der Waals surface area contributed by atoms with Gasteiger partial charge in [-0.25, -0.2) is 0 Å². The summed E-state index contributed by atoms with van der Waals surface area (Å²) in [6.07, 6.45) is 0. The molecule has 1 aliphatic heterocycles. The Labute approximate surface area is 149 Å². The Hall–Kier alpha value is -3.64. The molecule has 0 spiro atoms. The number of imide groups is 1. The number of nitrogens with zero attached hydrogens (tertiary/aromatic N) is 2. The molecule has 1 unspecified atom stereocenters. The van der Waals surface area contributed by atoms with Crippen molar-refractivity contribution >= 4 is 11.8 Å². The first-order valence-corrected chi connectivity index (χ1v) is 8.05. The summed E-state index contributed by atoms with van der Waals surface area (Å²) >= 11 is 0. The van der Waals surface area contributed by atoms with Crippen LogP contribution in [0.2, 0.25) is 0 Å². The number of nitrogens with one attached hydrogen (secondary N) is 1. The molecule has 26 heavy (non-hydrogen) atoms. The van der Waals surface area contributed by atoms with Gasteiger partial charge in [0.25, 0.3) is 0 Å². The van der Waals surface area contributed by atoms with E-state index in [4.69, 9.17) is 4.74 Å². The van der Waals surface area contributed by atoms with Crippen LogP contribution in [0.4, 0.5) is 0 Å². The SMILES string of the molecule is N#C[C@@]12C(=O)NC(=O)[C@]1(C#N)C2c1cccc(OCc2ccccc2)c1. The van der Waals surface area contributed by atoms with Crippen molar-refractivity contribution in [2.24, 2.45) is 10.8 Å². The molecule has 126 valence electrons. The summed E-state index contributed by atoms with van der Waals surface area (Å²) in [6, 6.07) is 20.3. The molecule has 6 heteroatoms. The number of ether oxygens (including phenoxy) is 1. The van der Waals surface area contributed by atoms with Gasteiger partial charge >= 0.3 is 0 Å². The second kappa shape index (κ2) is 5.44. The van der Waals surface area contributed by atoms with E-state index in [0.29, 0.717) is 17.9 Å². The Balaban J connectivity index is 1.64. The van der Waals surface area contributed by atoms with E-state index < -0.39 is 28.6 Å². The molecule has 0 bridgehead atoms. The first-order valence-electron chi connectivity index (χ1n) is 8.05. The van der Waals surface area contributed by atoms with E-state index in [1.807, 2.05) is 42.5 Å². The lowest BCUT2D eigenvalue weighted by atomic mass is 9.98. The molecule has 2 aromatic carbocycles. The van der Waals surface area contributed by atoms with Crippen LogP contribution in [0.25, 0.3) is 0 Å². The van der Waals surface area contributed by atoms with Crippen LogP contribution in [0.5, 0.6) is 5.75 Å². The van der Waals surface area contributed by atoms with Gasteiger partial charge in [-0.3, -0.25) is 14.9 Å². The highest BCUT2D eigenvalue weighted by atomic mass is 16.5. The van der Waals surface area contributed by atoms with Crippen LogP contribution in [-0.2, 0) is 16.2 Å².